The first-order chi connectivity index (χ1) is 7.06. The highest BCUT2D eigenvalue weighted by molar-refractivity contribution is 5.24. The van der Waals surface area contributed by atoms with E-state index in [1.807, 2.05) is 0 Å². The summed E-state index contributed by atoms with van der Waals surface area (Å²) in [6, 6.07) is 1.35. The average molecular weight is 213 g/mol. The number of hydrogen-bond donors (Lipinski definition) is 4. The monoisotopic (exact) mass is 213 g/mol. The molecule has 4 N–H and O–H groups in total. The minimum Gasteiger partial charge on any atom is -0.396 e. The van der Waals surface area contributed by atoms with Gasteiger partial charge in [-0.05, 0) is 18.9 Å². The second-order valence-electron chi connectivity index (χ2n) is 3.46. The molecule has 0 saturated carbocycles. The van der Waals surface area contributed by atoms with Crippen molar-refractivity contribution in [1.82, 2.24) is 4.98 Å². The molecule has 0 aliphatic heterocycles. The molecule has 15 heavy (non-hydrogen) atoms. The molecule has 84 valence electrons. The normalized spacial score (nSPS) is 14.9. The molecule has 0 aliphatic carbocycles. The Labute approximate surface area is 87.0 Å². The summed E-state index contributed by atoms with van der Waals surface area (Å²) in [6.07, 6.45) is -0.642. The van der Waals surface area contributed by atoms with Gasteiger partial charge >= 0.3 is 0 Å². The van der Waals surface area contributed by atoms with Crippen LogP contribution in [0.3, 0.4) is 0 Å². The van der Waals surface area contributed by atoms with Gasteiger partial charge in [0, 0.05) is 24.4 Å². The molecule has 0 spiro atoms. The van der Waals surface area contributed by atoms with Crippen LogP contribution in [0.4, 0.5) is 0 Å². The highest BCUT2D eigenvalue weighted by atomic mass is 16.3. The Morgan fingerprint density at radius 3 is 2.67 bits per heavy atom. The zero-order valence-corrected chi connectivity index (χ0v) is 8.47. The van der Waals surface area contributed by atoms with Crippen LogP contribution in [0.25, 0.3) is 0 Å². The van der Waals surface area contributed by atoms with E-state index in [0.717, 1.165) is 0 Å². The molecule has 5 nitrogen and oxygen atoms in total. The minimum absolute atomic E-state index is 0.0970. The van der Waals surface area contributed by atoms with Crippen molar-refractivity contribution in [2.24, 2.45) is 0 Å². The second kappa shape index (κ2) is 5.06. The van der Waals surface area contributed by atoms with Crippen molar-refractivity contribution in [2.75, 3.05) is 6.61 Å². The molecule has 0 amide bonds. The molecule has 0 saturated heterocycles. The van der Waals surface area contributed by atoms with Gasteiger partial charge in [-0.2, -0.15) is 0 Å². The third-order valence-corrected chi connectivity index (χ3v) is 2.28. The van der Waals surface area contributed by atoms with Gasteiger partial charge in [0.2, 0.25) is 5.56 Å². The summed E-state index contributed by atoms with van der Waals surface area (Å²) in [4.78, 5) is 13.4. The fourth-order valence-corrected chi connectivity index (χ4v) is 1.40. The third kappa shape index (κ3) is 2.89. The highest BCUT2D eigenvalue weighted by Crippen LogP contribution is 2.20. The number of nitrogens with one attached hydrogen (secondary N) is 1. The molecule has 0 aromatic carbocycles. The molecular formula is C10H15NO4. The maximum absolute atomic E-state index is 10.9. The van der Waals surface area contributed by atoms with Crippen molar-refractivity contribution in [2.45, 2.75) is 25.6 Å². The first-order valence-corrected chi connectivity index (χ1v) is 4.72. The number of aromatic nitrogens is 1. The zero-order valence-electron chi connectivity index (χ0n) is 8.47. The van der Waals surface area contributed by atoms with Gasteiger partial charge in [-0.25, -0.2) is 0 Å². The van der Waals surface area contributed by atoms with E-state index in [1.165, 1.54) is 12.3 Å². The predicted octanol–water partition coefficient (Wildman–Crippen LogP) is -0.540. The minimum atomic E-state index is -1.09. The van der Waals surface area contributed by atoms with Gasteiger partial charge in [0.15, 0.2) is 0 Å². The Morgan fingerprint density at radius 2 is 2.13 bits per heavy atom. The van der Waals surface area contributed by atoms with Crippen molar-refractivity contribution in [3.63, 3.8) is 0 Å². The molecular weight excluding hydrogens is 198 g/mol. The van der Waals surface area contributed by atoms with Crippen molar-refractivity contribution in [3.8, 4) is 0 Å². The number of aryl methyl sites for hydroxylation is 1. The molecule has 1 aromatic rings. The molecule has 2 unspecified atom stereocenters. The van der Waals surface area contributed by atoms with Gasteiger partial charge in [0.25, 0.3) is 0 Å². The Morgan fingerprint density at radius 1 is 1.47 bits per heavy atom. The van der Waals surface area contributed by atoms with Crippen LogP contribution >= 0.6 is 0 Å². The lowest BCUT2D eigenvalue weighted by Gasteiger charge is -2.18. The summed E-state index contributed by atoms with van der Waals surface area (Å²) in [5, 5.41) is 27.8. The quantitative estimate of drug-likeness (QED) is 0.540. The van der Waals surface area contributed by atoms with Crippen LogP contribution < -0.4 is 5.56 Å². The van der Waals surface area contributed by atoms with Gasteiger partial charge in [-0.3, -0.25) is 4.79 Å². The van der Waals surface area contributed by atoms with E-state index in [9.17, 15) is 15.0 Å². The topological polar surface area (TPSA) is 93.6 Å². The molecule has 0 radical (unpaired) electrons. The summed E-state index contributed by atoms with van der Waals surface area (Å²) in [5.74, 6) is 0. The highest BCUT2D eigenvalue weighted by Gasteiger charge is 2.19. The Balaban J connectivity index is 2.90. The van der Waals surface area contributed by atoms with Gasteiger partial charge in [-0.1, -0.05) is 0 Å². The fraction of sp³-hybridized carbons (Fsp3) is 0.500. The second-order valence-corrected chi connectivity index (χ2v) is 3.46. The number of aromatic amines is 1. The molecule has 1 heterocycles. The SMILES string of the molecule is Cc1cc(=O)[nH]cc1C(O)C(O)CCO. The van der Waals surface area contributed by atoms with Crippen molar-refractivity contribution >= 4 is 0 Å². The maximum atomic E-state index is 10.9. The van der Waals surface area contributed by atoms with Crippen LogP contribution in [0.2, 0.25) is 0 Å². The van der Waals surface area contributed by atoms with Gasteiger partial charge < -0.3 is 20.3 Å². The summed E-state index contributed by atoms with van der Waals surface area (Å²) >= 11 is 0. The smallest absolute Gasteiger partial charge is 0.248 e. The summed E-state index contributed by atoms with van der Waals surface area (Å²) in [5.41, 5.74) is 0.832. The van der Waals surface area contributed by atoms with Crippen molar-refractivity contribution < 1.29 is 15.3 Å². The Bertz CT molecular complexity index is 374. The first-order valence-electron chi connectivity index (χ1n) is 4.72. The number of hydrogen-bond acceptors (Lipinski definition) is 4. The molecule has 2 atom stereocenters. The third-order valence-electron chi connectivity index (χ3n) is 2.28. The summed E-state index contributed by atoms with van der Waals surface area (Å²) in [6.45, 7) is 1.49. The number of aliphatic hydroxyl groups is 3. The Hall–Kier alpha value is -1.17. The van der Waals surface area contributed by atoms with Gasteiger partial charge in [-0.15, -0.1) is 0 Å². The van der Waals surface area contributed by atoms with Gasteiger partial charge in [0.05, 0.1) is 6.10 Å². The van der Waals surface area contributed by atoms with Crippen LogP contribution in [-0.2, 0) is 0 Å². The average Bonchev–Trinajstić information content (AvgIpc) is 2.17. The van der Waals surface area contributed by atoms with E-state index in [2.05, 4.69) is 4.98 Å². The van der Waals surface area contributed by atoms with E-state index < -0.39 is 12.2 Å². The standard InChI is InChI=1S/C10H15NO4/c1-6-4-9(14)11-5-7(6)10(15)8(13)2-3-12/h4-5,8,10,12-13,15H,2-3H2,1H3,(H,11,14). The van der Waals surface area contributed by atoms with Crippen LogP contribution in [0.5, 0.6) is 0 Å². The summed E-state index contributed by atoms with van der Waals surface area (Å²) < 4.78 is 0. The van der Waals surface area contributed by atoms with Gasteiger partial charge in [0.1, 0.15) is 6.10 Å². The largest absolute Gasteiger partial charge is 0.396 e. The van der Waals surface area contributed by atoms with E-state index in [4.69, 9.17) is 5.11 Å². The number of pyridine rings is 1. The first kappa shape index (κ1) is 11.9. The predicted molar refractivity (Wildman–Crippen MR) is 54.5 cm³/mol. The lowest BCUT2D eigenvalue weighted by molar-refractivity contribution is 0.00368. The molecule has 0 fully saturated rings. The van der Waals surface area contributed by atoms with Crippen LogP contribution in [0.1, 0.15) is 23.7 Å². The molecule has 0 bridgehead atoms. The fourth-order valence-electron chi connectivity index (χ4n) is 1.40. The molecule has 1 aromatic heterocycles. The van der Waals surface area contributed by atoms with E-state index in [1.54, 1.807) is 6.92 Å². The van der Waals surface area contributed by atoms with Crippen LogP contribution in [0, 0.1) is 6.92 Å². The number of rotatable bonds is 4. The zero-order chi connectivity index (χ0) is 11.4. The molecule has 5 heteroatoms. The molecule has 1 rings (SSSR count). The van der Waals surface area contributed by atoms with Crippen LogP contribution in [0.15, 0.2) is 17.1 Å². The van der Waals surface area contributed by atoms with Crippen molar-refractivity contribution in [1.29, 1.82) is 0 Å². The van der Waals surface area contributed by atoms with Crippen LogP contribution in [-0.4, -0.2) is 33.0 Å². The number of aliphatic hydroxyl groups excluding tert-OH is 3. The van der Waals surface area contributed by atoms with E-state index in [0.29, 0.717) is 11.1 Å². The lowest BCUT2D eigenvalue weighted by atomic mass is 10.0. The summed E-state index contributed by atoms with van der Waals surface area (Å²) in [7, 11) is 0. The van der Waals surface area contributed by atoms with Crippen molar-refractivity contribution in [3.05, 3.63) is 33.7 Å². The van der Waals surface area contributed by atoms with E-state index >= 15 is 0 Å². The molecule has 0 aliphatic rings. The Kier molecular flexibility index (Phi) is 4.02. The van der Waals surface area contributed by atoms with E-state index in [-0.39, 0.29) is 18.6 Å². The number of H-pyrrole nitrogens is 1. The maximum Gasteiger partial charge on any atom is 0.248 e. The lowest BCUT2D eigenvalue weighted by Crippen LogP contribution is -2.21.